The molecule has 1 aromatic carbocycles. The third-order valence-corrected chi connectivity index (χ3v) is 8.72. The van der Waals surface area contributed by atoms with Gasteiger partial charge < -0.3 is 4.90 Å². The Bertz CT molecular complexity index is 1170. The summed E-state index contributed by atoms with van der Waals surface area (Å²) in [6, 6.07) is 15.0. The van der Waals surface area contributed by atoms with Gasteiger partial charge in [-0.25, -0.2) is 14.8 Å². The zero-order valence-electron chi connectivity index (χ0n) is 20.4. The lowest BCUT2D eigenvalue weighted by atomic mass is 9.66. The molecule has 2 saturated carbocycles. The molecular weight excluding hydrogens is 438 g/mol. The minimum Gasteiger partial charge on any atom is -0.315 e. The highest BCUT2D eigenvalue weighted by molar-refractivity contribution is 5.95. The van der Waals surface area contributed by atoms with Crippen LogP contribution in [0.2, 0.25) is 0 Å². The van der Waals surface area contributed by atoms with Crippen molar-refractivity contribution in [2.45, 2.75) is 56.0 Å². The number of hydrogen-bond donors (Lipinski definition) is 0. The van der Waals surface area contributed by atoms with Gasteiger partial charge in [0.1, 0.15) is 6.07 Å². The second-order valence-electron chi connectivity index (χ2n) is 10.6. The van der Waals surface area contributed by atoms with Gasteiger partial charge in [-0.2, -0.15) is 10.5 Å². The Kier molecular flexibility index (Phi) is 5.73. The summed E-state index contributed by atoms with van der Waals surface area (Å²) in [5.41, 5.74) is 1.02. The summed E-state index contributed by atoms with van der Waals surface area (Å²) < 4.78 is 0. The highest BCUT2D eigenvalue weighted by atomic mass is 16.2. The molecule has 2 amide bonds. The molecule has 1 saturated heterocycles. The first kappa shape index (κ1) is 23.3. The van der Waals surface area contributed by atoms with Crippen molar-refractivity contribution in [1.29, 1.82) is 10.5 Å². The van der Waals surface area contributed by atoms with Crippen LogP contribution in [0.5, 0.6) is 0 Å². The Morgan fingerprint density at radius 1 is 1.00 bits per heavy atom. The van der Waals surface area contributed by atoms with Crippen molar-refractivity contribution in [3.8, 4) is 12.1 Å². The summed E-state index contributed by atoms with van der Waals surface area (Å²) in [4.78, 5) is 28.1. The average Bonchev–Trinajstić information content (AvgIpc) is 3.13. The predicted octanol–water partition coefficient (Wildman–Crippen LogP) is 4.05. The van der Waals surface area contributed by atoms with Crippen LogP contribution in [0.25, 0.3) is 0 Å². The molecule has 3 aliphatic rings. The van der Waals surface area contributed by atoms with Crippen LogP contribution in [0.4, 0.5) is 10.5 Å². The topological polar surface area (TPSA) is 100 Å². The number of aromatic nitrogens is 2. The van der Waals surface area contributed by atoms with Crippen LogP contribution in [0.1, 0.15) is 56.3 Å². The molecule has 1 aliphatic heterocycles. The van der Waals surface area contributed by atoms with Crippen LogP contribution in [0, 0.1) is 28.1 Å². The summed E-state index contributed by atoms with van der Waals surface area (Å²) >= 11 is 0. The Labute approximate surface area is 206 Å². The van der Waals surface area contributed by atoms with E-state index in [4.69, 9.17) is 5.26 Å². The standard InChI is InChI=1S/C27H31N7O/c1-32(2)27(21-7-4-3-5-8-21)13-11-26(12-14-27)20-33(22-16-30-23(15-28)31-17-22)24(35)34(26)19-25(18-29)9-6-10-25/h3-5,7-8,16-17H,6,9-14,19-20H2,1-2H3/t26-,27+. The summed E-state index contributed by atoms with van der Waals surface area (Å²) in [5.74, 6) is 0.0844. The van der Waals surface area contributed by atoms with Gasteiger partial charge in [-0.1, -0.05) is 36.8 Å². The van der Waals surface area contributed by atoms with Gasteiger partial charge in [0.2, 0.25) is 5.82 Å². The normalized spacial score (nSPS) is 27.5. The number of carbonyl (C=O) groups is 1. The van der Waals surface area contributed by atoms with Crippen molar-refractivity contribution in [3.05, 3.63) is 54.1 Å². The minimum atomic E-state index is -0.449. The average molecular weight is 470 g/mol. The van der Waals surface area contributed by atoms with E-state index in [0.29, 0.717) is 18.8 Å². The molecule has 8 nitrogen and oxygen atoms in total. The number of hydrogen-bond acceptors (Lipinski definition) is 6. The van der Waals surface area contributed by atoms with Gasteiger partial charge in [0.15, 0.2) is 0 Å². The fourth-order valence-electron chi connectivity index (χ4n) is 6.26. The molecule has 0 radical (unpaired) electrons. The fourth-order valence-corrected chi connectivity index (χ4v) is 6.26. The molecule has 35 heavy (non-hydrogen) atoms. The first-order valence-electron chi connectivity index (χ1n) is 12.3. The monoisotopic (exact) mass is 469 g/mol. The van der Waals surface area contributed by atoms with E-state index in [0.717, 1.165) is 44.9 Å². The molecule has 0 N–H and O–H groups in total. The SMILES string of the molecule is CN(C)[C@]1(c2ccccc2)CC[C@]2(CC1)CN(c1cnc(C#N)nc1)C(=O)N2CC1(C#N)CCC1. The van der Waals surface area contributed by atoms with Crippen LogP contribution in [-0.4, -0.2) is 58.5 Å². The molecular formula is C27H31N7O. The Morgan fingerprint density at radius 2 is 1.66 bits per heavy atom. The molecule has 2 heterocycles. The summed E-state index contributed by atoms with van der Waals surface area (Å²) in [7, 11) is 4.28. The van der Waals surface area contributed by atoms with Crippen LogP contribution >= 0.6 is 0 Å². The number of anilines is 1. The van der Waals surface area contributed by atoms with Crippen molar-refractivity contribution in [1.82, 2.24) is 19.8 Å². The number of urea groups is 1. The number of nitriles is 2. The van der Waals surface area contributed by atoms with Gasteiger partial charge >= 0.3 is 6.03 Å². The van der Waals surface area contributed by atoms with E-state index < -0.39 is 5.41 Å². The number of carbonyl (C=O) groups excluding carboxylic acids is 1. The lowest BCUT2D eigenvalue weighted by Gasteiger charge is -2.52. The zero-order chi connectivity index (χ0) is 24.7. The first-order valence-corrected chi connectivity index (χ1v) is 12.3. The molecule has 1 spiro atoms. The molecule has 2 aliphatic carbocycles. The second-order valence-corrected chi connectivity index (χ2v) is 10.6. The van der Waals surface area contributed by atoms with E-state index in [1.54, 1.807) is 17.3 Å². The van der Waals surface area contributed by atoms with Crippen LogP contribution in [-0.2, 0) is 5.54 Å². The number of amides is 2. The van der Waals surface area contributed by atoms with Gasteiger partial charge in [0, 0.05) is 12.1 Å². The van der Waals surface area contributed by atoms with Crippen molar-refractivity contribution >= 4 is 11.7 Å². The Hall–Kier alpha value is -3.49. The quantitative estimate of drug-likeness (QED) is 0.655. The van der Waals surface area contributed by atoms with Gasteiger partial charge in [0.05, 0.1) is 41.6 Å². The largest absolute Gasteiger partial charge is 0.325 e. The Morgan fingerprint density at radius 3 is 2.17 bits per heavy atom. The van der Waals surface area contributed by atoms with E-state index in [1.165, 1.54) is 5.56 Å². The molecule has 0 bridgehead atoms. The van der Waals surface area contributed by atoms with Crippen molar-refractivity contribution in [2.24, 2.45) is 5.41 Å². The van der Waals surface area contributed by atoms with E-state index in [2.05, 4.69) is 59.3 Å². The summed E-state index contributed by atoms with van der Waals surface area (Å²) in [6.45, 7) is 1.01. The smallest absolute Gasteiger partial charge is 0.315 e. The molecule has 5 rings (SSSR count). The van der Waals surface area contributed by atoms with E-state index in [1.807, 2.05) is 17.0 Å². The molecule has 0 atom stereocenters. The van der Waals surface area contributed by atoms with Crippen LogP contribution in [0.3, 0.4) is 0 Å². The molecule has 2 aromatic rings. The third-order valence-electron chi connectivity index (χ3n) is 8.72. The van der Waals surface area contributed by atoms with Crippen LogP contribution < -0.4 is 4.90 Å². The van der Waals surface area contributed by atoms with Gasteiger partial charge in [-0.3, -0.25) is 9.80 Å². The zero-order valence-corrected chi connectivity index (χ0v) is 20.4. The van der Waals surface area contributed by atoms with E-state index in [-0.39, 0.29) is 22.9 Å². The maximum atomic E-state index is 13.8. The van der Waals surface area contributed by atoms with E-state index in [9.17, 15) is 10.1 Å². The Balaban J connectivity index is 1.48. The maximum absolute atomic E-state index is 13.8. The van der Waals surface area contributed by atoms with E-state index >= 15 is 0 Å². The van der Waals surface area contributed by atoms with Gasteiger partial charge in [-0.15, -0.1) is 0 Å². The summed E-state index contributed by atoms with van der Waals surface area (Å²) in [6.07, 6.45) is 9.37. The van der Waals surface area contributed by atoms with Gasteiger partial charge in [0.25, 0.3) is 0 Å². The second kappa shape index (κ2) is 8.62. The lowest BCUT2D eigenvalue weighted by molar-refractivity contribution is 0.00826. The molecule has 1 aromatic heterocycles. The van der Waals surface area contributed by atoms with Crippen molar-refractivity contribution in [2.75, 3.05) is 32.1 Å². The number of nitrogens with zero attached hydrogens (tertiary/aromatic N) is 7. The minimum absolute atomic E-state index is 0.0844. The number of rotatable bonds is 5. The highest BCUT2D eigenvalue weighted by Crippen LogP contribution is 2.51. The van der Waals surface area contributed by atoms with Crippen molar-refractivity contribution in [3.63, 3.8) is 0 Å². The number of benzene rings is 1. The van der Waals surface area contributed by atoms with Crippen molar-refractivity contribution < 1.29 is 4.79 Å². The van der Waals surface area contributed by atoms with Gasteiger partial charge in [-0.05, 0) is 58.2 Å². The molecule has 8 heteroatoms. The fraction of sp³-hybridized carbons (Fsp3) is 0.519. The molecule has 180 valence electrons. The molecule has 3 fully saturated rings. The maximum Gasteiger partial charge on any atom is 0.325 e. The first-order chi connectivity index (χ1) is 16.9. The van der Waals surface area contributed by atoms with Crippen LogP contribution in [0.15, 0.2) is 42.7 Å². The molecule has 0 unspecified atom stereocenters. The lowest BCUT2D eigenvalue weighted by Crippen LogP contribution is -2.57. The predicted molar refractivity (Wildman–Crippen MR) is 131 cm³/mol. The third kappa shape index (κ3) is 3.73. The summed E-state index contributed by atoms with van der Waals surface area (Å²) in [5, 5.41) is 19.0. The highest BCUT2D eigenvalue weighted by Gasteiger charge is 2.57.